The average Bonchev–Trinajstić information content (AvgIpc) is 3.20. The molecule has 0 radical (unpaired) electrons. The molecule has 92 valence electrons. The fraction of sp³-hybridized carbons (Fsp3) is 1.00. The Hall–Kier alpha value is 0.310. The Morgan fingerprint density at radius 2 is 1.94 bits per heavy atom. The van der Waals surface area contributed by atoms with Crippen LogP contribution in [0.2, 0.25) is 0 Å². The van der Waals surface area contributed by atoms with Crippen molar-refractivity contribution in [3.8, 4) is 0 Å². The van der Waals surface area contributed by atoms with Gasteiger partial charge in [-0.2, -0.15) is 11.8 Å². The van der Waals surface area contributed by atoms with Gasteiger partial charge in [0.05, 0.1) is 0 Å². The molecular weight excluding hydrogens is 214 g/mol. The highest BCUT2D eigenvalue weighted by Gasteiger charge is 2.42. The molecule has 3 rings (SSSR count). The van der Waals surface area contributed by atoms with Crippen molar-refractivity contribution in [1.29, 1.82) is 0 Å². The summed E-state index contributed by atoms with van der Waals surface area (Å²) < 4.78 is 0.645. The predicted octanol–water partition coefficient (Wildman–Crippen LogP) is 3.44. The lowest BCUT2D eigenvalue weighted by Crippen LogP contribution is -2.39. The van der Waals surface area contributed by atoms with E-state index in [0.29, 0.717) is 4.75 Å². The monoisotopic (exact) mass is 239 g/mol. The van der Waals surface area contributed by atoms with Crippen LogP contribution in [0.1, 0.15) is 51.4 Å². The summed E-state index contributed by atoms with van der Waals surface area (Å²) in [7, 11) is 0. The summed E-state index contributed by atoms with van der Waals surface area (Å²) >= 11 is 2.08. The molecule has 16 heavy (non-hydrogen) atoms. The van der Waals surface area contributed by atoms with Crippen LogP contribution in [0.5, 0.6) is 0 Å². The van der Waals surface area contributed by atoms with Gasteiger partial charge in [-0.3, -0.25) is 0 Å². The van der Waals surface area contributed by atoms with Crippen LogP contribution in [0.25, 0.3) is 0 Å². The molecule has 0 aromatic heterocycles. The summed E-state index contributed by atoms with van der Waals surface area (Å²) in [5.41, 5.74) is 0. The Kier molecular flexibility index (Phi) is 3.23. The Bertz CT molecular complexity index is 245. The minimum absolute atomic E-state index is 0.645. The molecule has 0 aromatic carbocycles. The first kappa shape index (κ1) is 11.4. The zero-order chi connectivity index (χ0) is 11.0. The zero-order valence-electron chi connectivity index (χ0n) is 10.5. The van der Waals surface area contributed by atoms with Crippen molar-refractivity contribution < 1.29 is 0 Å². The molecule has 2 heteroatoms. The van der Waals surface area contributed by atoms with Gasteiger partial charge in [0.25, 0.3) is 0 Å². The minimum atomic E-state index is 0.645. The maximum absolute atomic E-state index is 3.87. The Labute approximate surface area is 104 Å². The minimum Gasteiger partial charge on any atom is -0.313 e. The second-order valence-electron chi connectivity index (χ2n) is 6.23. The fourth-order valence-corrected chi connectivity index (χ4v) is 4.07. The van der Waals surface area contributed by atoms with E-state index < -0.39 is 0 Å². The van der Waals surface area contributed by atoms with E-state index in [0.717, 1.165) is 17.9 Å². The van der Waals surface area contributed by atoms with Crippen molar-refractivity contribution in [1.82, 2.24) is 5.32 Å². The molecule has 1 nitrogen and oxygen atoms in total. The third kappa shape index (κ3) is 2.59. The van der Waals surface area contributed by atoms with Gasteiger partial charge in [-0.25, -0.2) is 0 Å². The Balaban J connectivity index is 1.43. The quantitative estimate of drug-likeness (QED) is 0.789. The third-order valence-electron chi connectivity index (χ3n) is 4.96. The van der Waals surface area contributed by atoms with Gasteiger partial charge < -0.3 is 5.32 Å². The van der Waals surface area contributed by atoms with Crippen LogP contribution in [0.3, 0.4) is 0 Å². The number of hydrogen-bond donors (Lipinski definition) is 1. The highest BCUT2D eigenvalue weighted by molar-refractivity contribution is 8.00. The second-order valence-corrected chi connectivity index (χ2v) is 7.50. The Morgan fingerprint density at radius 3 is 2.56 bits per heavy atom. The molecule has 0 aromatic rings. The van der Waals surface area contributed by atoms with E-state index in [2.05, 4.69) is 23.3 Å². The summed E-state index contributed by atoms with van der Waals surface area (Å²) in [6.07, 6.45) is 14.2. The first-order valence-electron chi connectivity index (χ1n) is 7.10. The van der Waals surface area contributed by atoms with Crippen molar-refractivity contribution in [3.63, 3.8) is 0 Å². The standard InChI is InChI=1S/C14H25NS/c1-16-14(7-8-14)10-15-13-4-2-3-12(9-13)11-5-6-11/h11-13,15H,2-10H2,1H3. The van der Waals surface area contributed by atoms with Crippen LogP contribution >= 0.6 is 11.8 Å². The van der Waals surface area contributed by atoms with E-state index in [9.17, 15) is 0 Å². The van der Waals surface area contributed by atoms with E-state index in [-0.39, 0.29) is 0 Å². The molecule has 0 bridgehead atoms. The van der Waals surface area contributed by atoms with Gasteiger partial charge in [0, 0.05) is 17.3 Å². The molecule has 0 spiro atoms. The summed E-state index contributed by atoms with van der Waals surface area (Å²) in [6.45, 7) is 1.27. The van der Waals surface area contributed by atoms with Crippen molar-refractivity contribution in [3.05, 3.63) is 0 Å². The predicted molar refractivity (Wildman–Crippen MR) is 72.0 cm³/mol. The summed E-state index contributed by atoms with van der Waals surface area (Å²) in [6, 6.07) is 0.851. The van der Waals surface area contributed by atoms with Crippen LogP contribution in [0, 0.1) is 11.8 Å². The number of hydrogen-bond acceptors (Lipinski definition) is 2. The molecule has 3 fully saturated rings. The molecule has 0 aliphatic heterocycles. The maximum atomic E-state index is 3.87. The van der Waals surface area contributed by atoms with Gasteiger partial charge in [0.2, 0.25) is 0 Å². The highest BCUT2D eigenvalue weighted by atomic mass is 32.2. The van der Waals surface area contributed by atoms with Crippen molar-refractivity contribution in [2.75, 3.05) is 12.8 Å². The lowest BCUT2D eigenvalue weighted by Gasteiger charge is -2.31. The van der Waals surface area contributed by atoms with E-state index in [1.807, 2.05) is 0 Å². The van der Waals surface area contributed by atoms with Crippen LogP contribution in [0.4, 0.5) is 0 Å². The van der Waals surface area contributed by atoms with Crippen LogP contribution in [-0.4, -0.2) is 23.6 Å². The van der Waals surface area contributed by atoms with Crippen molar-refractivity contribution in [2.45, 2.75) is 62.2 Å². The third-order valence-corrected chi connectivity index (χ3v) is 6.38. The molecule has 2 atom stereocenters. The topological polar surface area (TPSA) is 12.0 Å². The molecule has 3 aliphatic carbocycles. The molecule has 2 unspecified atom stereocenters. The maximum Gasteiger partial charge on any atom is 0.0282 e. The molecule has 0 heterocycles. The summed E-state index contributed by atoms with van der Waals surface area (Å²) in [5, 5.41) is 3.87. The lowest BCUT2D eigenvalue weighted by molar-refractivity contribution is 0.261. The van der Waals surface area contributed by atoms with Gasteiger partial charge in [0.15, 0.2) is 0 Å². The second kappa shape index (κ2) is 4.53. The molecule has 3 saturated carbocycles. The van der Waals surface area contributed by atoms with Gasteiger partial charge in [0.1, 0.15) is 0 Å². The number of nitrogens with one attached hydrogen (secondary N) is 1. The summed E-state index contributed by atoms with van der Waals surface area (Å²) in [4.78, 5) is 0. The Morgan fingerprint density at radius 1 is 1.12 bits per heavy atom. The molecule has 0 amide bonds. The first-order valence-corrected chi connectivity index (χ1v) is 8.32. The van der Waals surface area contributed by atoms with Gasteiger partial charge in [-0.05, 0) is 56.6 Å². The van der Waals surface area contributed by atoms with Crippen LogP contribution in [-0.2, 0) is 0 Å². The van der Waals surface area contributed by atoms with Gasteiger partial charge >= 0.3 is 0 Å². The number of thioether (sulfide) groups is 1. The molecule has 0 saturated heterocycles. The van der Waals surface area contributed by atoms with Gasteiger partial charge in [-0.15, -0.1) is 0 Å². The zero-order valence-corrected chi connectivity index (χ0v) is 11.3. The SMILES string of the molecule is CSC1(CNC2CCCC(C3CC3)C2)CC1. The first-order chi connectivity index (χ1) is 7.81. The highest BCUT2D eigenvalue weighted by Crippen LogP contribution is 2.47. The number of rotatable bonds is 5. The van der Waals surface area contributed by atoms with E-state index >= 15 is 0 Å². The van der Waals surface area contributed by atoms with Gasteiger partial charge in [-0.1, -0.05) is 12.8 Å². The van der Waals surface area contributed by atoms with E-state index in [4.69, 9.17) is 0 Å². The normalized spacial score (nSPS) is 37.3. The van der Waals surface area contributed by atoms with Crippen molar-refractivity contribution in [2.24, 2.45) is 11.8 Å². The molecular formula is C14H25NS. The van der Waals surface area contributed by atoms with Crippen LogP contribution in [0.15, 0.2) is 0 Å². The van der Waals surface area contributed by atoms with E-state index in [1.54, 1.807) is 0 Å². The molecule has 1 N–H and O–H groups in total. The summed E-state index contributed by atoms with van der Waals surface area (Å²) in [5.74, 6) is 2.20. The lowest BCUT2D eigenvalue weighted by atomic mass is 9.82. The molecule has 3 aliphatic rings. The van der Waals surface area contributed by atoms with Crippen LogP contribution < -0.4 is 5.32 Å². The fourth-order valence-electron chi connectivity index (χ4n) is 3.33. The smallest absolute Gasteiger partial charge is 0.0282 e. The largest absolute Gasteiger partial charge is 0.313 e. The average molecular weight is 239 g/mol. The van der Waals surface area contributed by atoms with Crippen molar-refractivity contribution >= 4 is 11.8 Å². The van der Waals surface area contributed by atoms with E-state index in [1.165, 1.54) is 57.9 Å².